The van der Waals surface area contributed by atoms with E-state index in [2.05, 4.69) is 39.8 Å². The molecule has 0 fully saturated rings. The van der Waals surface area contributed by atoms with Gasteiger partial charge in [0.1, 0.15) is 6.29 Å². The molecule has 1 aromatic carbocycles. The van der Waals surface area contributed by atoms with Gasteiger partial charge in [-0.1, -0.05) is 82.6 Å². The monoisotopic (exact) mass is 374 g/mol. The van der Waals surface area contributed by atoms with Crippen molar-refractivity contribution < 1.29 is 9.53 Å². The molecular weight excluding hydrogens is 332 g/mol. The summed E-state index contributed by atoms with van der Waals surface area (Å²) in [5.41, 5.74) is 2.12. The molecule has 0 aliphatic heterocycles. The summed E-state index contributed by atoms with van der Waals surface area (Å²) in [5.74, 6) is 0.494. The number of unbranched alkanes of at least 4 members (excludes halogenated alkanes) is 6. The largest absolute Gasteiger partial charge is 0.376 e. The molecule has 0 saturated carbocycles. The van der Waals surface area contributed by atoms with E-state index < -0.39 is 0 Å². The van der Waals surface area contributed by atoms with Gasteiger partial charge in [0, 0.05) is 5.56 Å². The van der Waals surface area contributed by atoms with Crippen LogP contribution in [0.5, 0.6) is 0 Å². The lowest BCUT2D eigenvalue weighted by Gasteiger charge is -2.21. The summed E-state index contributed by atoms with van der Waals surface area (Å²) in [4.78, 5) is 11.5. The van der Waals surface area contributed by atoms with Crippen molar-refractivity contribution in [1.82, 2.24) is 0 Å². The first-order valence-electron chi connectivity index (χ1n) is 11.3. The highest BCUT2D eigenvalue weighted by molar-refractivity contribution is 5.77. The Kier molecular flexibility index (Phi) is 13.1. The fourth-order valence-electron chi connectivity index (χ4n) is 3.98. The van der Waals surface area contributed by atoms with Gasteiger partial charge in [-0.05, 0) is 51.5 Å². The van der Waals surface area contributed by atoms with Crippen LogP contribution in [0.4, 0.5) is 0 Å². The third-order valence-corrected chi connectivity index (χ3v) is 5.39. The second-order valence-electron chi connectivity index (χ2n) is 8.28. The summed E-state index contributed by atoms with van der Waals surface area (Å²) in [6, 6.07) is 8.16. The SMILES string of the molecule is CCCCCCCCCC(CCCC(C)OC(C)C)c1ccccc1C=O. The van der Waals surface area contributed by atoms with Crippen molar-refractivity contribution in [3.05, 3.63) is 35.4 Å². The molecule has 0 aliphatic carbocycles. The van der Waals surface area contributed by atoms with Gasteiger partial charge in [-0.15, -0.1) is 0 Å². The lowest BCUT2D eigenvalue weighted by Crippen LogP contribution is -2.14. The Hall–Kier alpha value is -1.15. The number of aldehydes is 1. The van der Waals surface area contributed by atoms with Crippen LogP contribution < -0.4 is 0 Å². The van der Waals surface area contributed by atoms with Gasteiger partial charge in [0.25, 0.3) is 0 Å². The van der Waals surface area contributed by atoms with Gasteiger partial charge in [0.2, 0.25) is 0 Å². The molecule has 0 aliphatic rings. The van der Waals surface area contributed by atoms with Crippen LogP contribution in [0.1, 0.15) is 120 Å². The molecule has 0 saturated heterocycles. The van der Waals surface area contributed by atoms with Crippen molar-refractivity contribution in [3.8, 4) is 0 Å². The van der Waals surface area contributed by atoms with E-state index in [4.69, 9.17) is 4.74 Å². The van der Waals surface area contributed by atoms with Crippen LogP contribution in [0.2, 0.25) is 0 Å². The average Bonchev–Trinajstić information content (AvgIpc) is 2.65. The van der Waals surface area contributed by atoms with Gasteiger partial charge < -0.3 is 4.74 Å². The Morgan fingerprint density at radius 3 is 2.15 bits per heavy atom. The molecule has 0 bridgehead atoms. The molecule has 0 heterocycles. The second-order valence-corrected chi connectivity index (χ2v) is 8.28. The van der Waals surface area contributed by atoms with E-state index in [1.165, 1.54) is 56.9 Å². The predicted molar refractivity (Wildman–Crippen MR) is 117 cm³/mol. The maximum absolute atomic E-state index is 11.5. The van der Waals surface area contributed by atoms with Gasteiger partial charge >= 0.3 is 0 Å². The number of ether oxygens (including phenoxy) is 1. The van der Waals surface area contributed by atoms with Crippen LogP contribution in [0.3, 0.4) is 0 Å². The molecule has 0 aromatic heterocycles. The zero-order valence-corrected chi connectivity index (χ0v) is 18.2. The molecule has 0 radical (unpaired) electrons. The van der Waals surface area contributed by atoms with Crippen molar-refractivity contribution in [2.24, 2.45) is 0 Å². The Labute approximate surface area is 168 Å². The van der Waals surface area contributed by atoms with Crippen LogP contribution in [0.25, 0.3) is 0 Å². The van der Waals surface area contributed by atoms with Crippen LogP contribution >= 0.6 is 0 Å². The number of hydrogen-bond acceptors (Lipinski definition) is 2. The highest BCUT2D eigenvalue weighted by Crippen LogP contribution is 2.30. The summed E-state index contributed by atoms with van der Waals surface area (Å²) < 4.78 is 5.87. The molecule has 2 heteroatoms. The normalized spacial score (nSPS) is 13.7. The first kappa shape index (κ1) is 23.9. The third kappa shape index (κ3) is 10.7. The van der Waals surface area contributed by atoms with Gasteiger partial charge in [-0.3, -0.25) is 4.79 Å². The topological polar surface area (TPSA) is 26.3 Å². The van der Waals surface area contributed by atoms with E-state index >= 15 is 0 Å². The van der Waals surface area contributed by atoms with E-state index in [1.54, 1.807) is 0 Å². The van der Waals surface area contributed by atoms with Gasteiger partial charge in [-0.25, -0.2) is 0 Å². The molecule has 2 atom stereocenters. The summed E-state index contributed by atoms with van der Waals surface area (Å²) in [7, 11) is 0. The molecule has 154 valence electrons. The van der Waals surface area contributed by atoms with E-state index in [-0.39, 0.29) is 0 Å². The number of hydrogen-bond donors (Lipinski definition) is 0. The molecule has 2 unspecified atom stereocenters. The minimum atomic E-state index is 0.291. The standard InChI is InChI=1S/C25H42O2/c1-5-6-7-8-9-10-11-16-23(18-14-15-22(4)27-21(2)3)25-19-13-12-17-24(25)20-26/h12-13,17,19-23H,5-11,14-16,18H2,1-4H3. The van der Waals surface area contributed by atoms with Crippen molar-refractivity contribution in [2.75, 3.05) is 0 Å². The van der Waals surface area contributed by atoms with Crippen LogP contribution in [0.15, 0.2) is 24.3 Å². The zero-order valence-electron chi connectivity index (χ0n) is 18.2. The van der Waals surface area contributed by atoms with Crippen LogP contribution in [0, 0.1) is 0 Å². The molecule has 0 spiro atoms. The summed E-state index contributed by atoms with van der Waals surface area (Å²) >= 11 is 0. The number of carbonyl (C=O) groups is 1. The summed E-state index contributed by atoms with van der Waals surface area (Å²) in [6.07, 6.45) is 15.6. The quantitative estimate of drug-likeness (QED) is 0.219. The van der Waals surface area contributed by atoms with Gasteiger partial charge in [0.05, 0.1) is 12.2 Å². The first-order valence-corrected chi connectivity index (χ1v) is 11.3. The number of benzene rings is 1. The number of carbonyl (C=O) groups excluding carboxylic acids is 1. The lowest BCUT2D eigenvalue weighted by atomic mass is 9.86. The minimum absolute atomic E-state index is 0.291. The highest BCUT2D eigenvalue weighted by Gasteiger charge is 2.15. The molecule has 2 nitrogen and oxygen atoms in total. The fraction of sp³-hybridized carbons (Fsp3) is 0.720. The Morgan fingerprint density at radius 1 is 0.852 bits per heavy atom. The smallest absolute Gasteiger partial charge is 0.150 e. The first-order chi connectivity index (χ1) is 13.1. The maximum atomic E-state index is 11.5. The maximum Gasteiger partial charge on any atom is 0.150 e. The van der Waals surface area contributed by atoms with E-state index in [0.717, 1.165) is 31.1 Å². The van der Waals surface area contributed by atoms with Gasteiger partial charge in [0.15, 0.2) is 0 Å². The minimum Gasteiger partial charge on any atom is -0.376 e. The Bertz CT molecular complexity index is 495. The molecule has 0 amide bonds. The van der Waals surface area contributed by atoms with Crippen molar-refractivity contribution >= 4 is 6.29 Å². The molecule has 0 N–H and O–H groups in total. The van der Waals surface area contributed by atoms with Crippen LogP contribution in [-0.2, 0) is 4.74 Å². The predicted octanol–water partition coefficient (Wildman–Crippen LogP) is 7.71. The fourth-order valence-corrected chi connectivity index (χ4v) is 3.98. The molecular formula is C25H42O2. The average molecular weight is 375 g/mol. The van der Waals surface area contributed by atoms with E-state index in [0.29, 0.717) is 18.1 Å². The van der Waals surface area contributed by atoms with Crippen molar-refractivity contribution in [1.29, 1.82) is 0 Å². The molecule has 27 heavy (non-hydrogen) atoms. The third-order valence-electron chi connectivity index (χ3n) is 5.39. The summed E-state index contributed by atoms with van der Waals surface area (Å²) in [5, 5.41) is 0. The lowest BCUT2D eigenvalue weighted by molar-refractivity contribution is 0.0129. The van der Waals surface area contributed by atoms with Crippen LogP contribution in [-0.4, -0.2) is 18.5 Å². The van der Waals surface area contributed by atoms with E-state index in [1.807, 2.05) is 12.1 Å². The highest BCUT2D eigenvalue weighted by atomic mass is 16.5. The number of rotatable bonds is 16. The van der Waals surface area contributed by atoms with Gasteiger partial charge in [-0.2, -0.15) is 0 Å². The molecule has 1 aromatic rings. The summed E-state index contributed by atoms with van der Waals surface area (Å²) in [6.45, 7) is 8.63. The molecule has 1 rings (SSSR count). The Balaban J connectivity index is 2.52. The van der Waals surface area contributed by atoms with E-state index in [9.17, 15) is 4.79 Å². The Morgan fingerprint density at radius 2 is 1.48 bits per heavy atom. The second kappa shape index (κ2) is 14.9. The zero-order chi connectivity index (χ0) is 19.9. The van der Waals surface area contributed by atoms with Crippen molar-refractivity contribution in [2.45, 2.75) is 116 Å². The van der Waals surface area contributed by atoms with Crippen molar-refractivity contribution in [3.63, 3.8) is 0 Å².